The van der Waals surface area contributed by atoms with Crippen molar-refractivity contribution < 1.29 is 14.3 Å². The molecule has 2 N–H and O–H groups in total. The zero-order valence-corrected chi connectivity index (χ0v) is 16.2. The average molecular weight is 366 g/mol. The Kier molecular flexibility index (Phi) is 5.22. The van der Waals surface area contributed by atoms with Crippen molar-refractivity contribution in [2.75, 3.05) is 17.7 Å². The molecule has 2 unspecified atom stereocenters. The Morgan fingerprint density at radius 2 is 1.30 bits per heavy atom. The Labute approximate surface area is 160 Å². The number of amides is 2. The highest BCUT2D eigenvalue weighted by molar-refractivity contribution is 6.03. The predicted octanol–water partition coefficient (Wildman–Crippen LogP) is 4.21. The van der Waals surface area contributed by atoms with Gasteiger partial charge in [-0.25, -0.2) is 0 Å². The van der Waals surface area contributed by atoms with E-state index < -0.39 is 0 Å². The molecule has 1 aliphatic rings. The Morgan fingerprint density at radius 1 is 0.852 bits per heavy atom. The molecule has 0 spiro atoms. The summed E-state index contributed by atoms with van der Waals surface area (Å²) in [4.78, 5) is 24.7. The second-order valence-electron chi connectivity index (χ2n) is 7.98. The van der Waals surface area contributed by atoms with E-state index in [4.69, 9.17) is 4.74 Å². The lowest BCUT2D eigenvalue weighted by molar-refractivity contribution is -0.122. The quantitative estimate of drug-likeness (QED) is 0.833. The largest absolute Gasteiger partial charge is 0.497 e. The summed E-state index contributed by atoms with van der Waals surface area (Å²) in [5, 5.41) is 5.76. The van der Waals surface area contributed by atoms with Crippen LogP contribution in [0.4, 0.5) is 11.4 Å². The van der Waals surface area contributed by atoms with Crippen LogP contribution in [-0.4, -0.2) is 18.9 Å². The third kappa shape index (κ3) is 4.67. The summed E-state index contributed by atoms with van der Waals surface area (Å²) in [5.41, 5.74) is 2.74. The van der Waals surface area contributed by atoms with Gasteiger partial charge in [-0.3, -0.25) is 9.59 Å². The number of anilines is 2. The summed E-state index contributed by atoms with van der Waals surface area (Å²) in [6.07, 6.45) is 0.577. The molecule has 0 radical (unpaired) electrons. The molecule has 142 valence electrons. The minimum Gasteiger partial charge on any atom is -0.497 e. The van der Waals surface area contributed by atoms with Gasteiger partial charge in [0.2, 0.25) is 11.8 Å². The number of ether oxygens (including phenoxy) is 1. The van der Waals surface area contributed by atoms with E-state index in [1.807, 2.05) is 24.3 Å². The van der Waals surface area contributed by atoms with Gasteiger partial charge in [0.25, 0.3) is 0 Å². The number of carbonyl (C=O) groups excluding carboxylic acids is 2. The summed E-state index contributed by atoms with van der Waals surface area (Å²) in [6, 6.07) is 15.0. The third-order valence-corrected chi connectivity index (χ3v) is 4.84. The maximum Gasteiger partial charge on any atom is 0.228 e. The van der Waals surface area contributed by atoms with Gasteiger partial charge >= 0.3 is 0 Å². The number of methoxy groups -OCH3 is 1. The first-order valence-corrected chi connectivity index (χ1v) is 9.14. The van der Waals surface area contributed by atoms with Crippen LogP contribution in [0, 0.1) is 11.8 Å². The van der Waals surface area contributed by atoms with Gasteiger partial charge < -0.3 is 15.4 Å². The molecule has 2 aromatic carbocycles. The van der Waals surface area contributed by atoms with Gasteiger partial charge in [0, 0.05) is 11.4 Å². The highest BCUT2D eigenvalue weighted by Crippen LogP contribution is 2.40. The van der Waals surface area contributed by atoms with Crippen LogP contribution in [0.25, 0.3) is 0 Å². The molecular formula is C22H26N2O3. The number of hydrogen-bond donors (Lipinski definition) is 2. The van der Waals surface area contributed by atoms with Crippen LogP contribution in [0.15, 0.2) is 48.5 Å². The lowest BCUT2D eigenvalue weighted by Crippen LogP contribution is -2.20. The fourth-order valence-electron chi connectivity index (χ4n) is 2.97. The third-order valence-electron chi connectivity index (χ3n) is 4.84. The van der Waals surface area contributed by atoms with E-state index in [0.717, 1.165) is 11.4 Å². The fourth-order valence-corrected chi connectivity index (χ4v) is 2.97. The van der Waals surface area contributed by atoms with E-state index in [1.165, 1.54) is 5.56 Å². The van der Waals surface area contributed by atoms with Crippen molar-refractivity contribution in [1.29, 1.82) is 0 Å². The van der Waals surface area contributed by atoms with E-state index in [1.54, 1.807) is 31.4 Å². The normalized spacial score (nSPS) is 18.5. The lowest BCUT2D eigenvalue weighted by Gasteiger charge is -2.19. The number of rotatable bonds is 5. The molecule has 0 bridgehead atoms. The van der Waals surface area contributed by atoms with Gasteiger partial charge in [0.05, 0.1) is 18.9 Å². The molecular weight excluding hydrogens is 340 g/mol. The second-order valence-corrected chi connectivity index (χ2v) is 7.98. The minimum atomic E-state index is -0.277. The van der Waals surface area contributed by atoms with Crippen LogP contribution in [0.1, 0.15) is 32.8 Å². The van der Waals surface area contributed by atoms with Crippen LogP contribution in [-0.2, 0) is 15.0 Å². The summed E-state index contributed by atoms with van der Waals surface area (Å²) >= 11 is 0. The lowest BCUT2D eigenvalue weighted by atomic mass is 9.87. The first-order chi connectivity index (χ1) is 12.8. The fraction of sp³-hybridized carbons (Fsp3) is 0.364. The monoisotopic (exact) mass is 366 g/mol. The van der Waals surface area contributed by atoms with Crippen LogP contribution in [0.3, 0.4) is 0 Å². The average Bonchev–Trinajstić information content (AvgIpc) is 3.43. The second kappa shape index (κ2) is 7.43. The molecule has 2 atom stereocenters. The Bertz CT molecular complexity index is 820. The van der Waals surface area contributed by atoms with E-state index in [0.29, 0.717) is 12.1 Å². The molecule has 0 aliphatic heterocycles. The minimum absolute atomic E-state index is 0.0731. The van der Waals surface area contributed by atoms with Crippen LogP contribution >= 0.6 is 0 Å². The van der Waals surface area contributed by atoms with Crippen LogP contribution in [0.5, 0.6) is 5.75 Å². The Hall–Kier alpha value is -2.82. The molecule has 27 heavy (non-hydrogen) atoms. The van der Waals surface area contributed by atoms with E-state index in [9.17, 15) is 9.59 Å². The number of benzene rings is 2. The summed E-state index contributed by atoms with van der Waals surface area (Å²) in [6.45, 7) is 6.45. The van der Waals surface area contributed by atoms with Crippen molar-refractivity contribution in [3.8, 4) is 5.75 Å². The van der Waals surface area contributed by atoms with Crippen molar-refractivity contribution in [2.24, 2.45) is 11.8 Å². The number of carbonyl (C=O) groups is 2. The van der Waals surface area contributed by atoms with Crippen molar-refractivity contribution >= 4 is 23.2 Å². The number of hydrogen-bond acceptors (Lipinski definition) is 3. The first-order valence-electron chi connectivity index (χ1n) is 9.14. The zero-order valence-electron chi connectivity index (χ0n) is 16.2. The highest BCUT2D eigenvalue weighted by atomic mass is 16.5. The first kappa shape index (κ1) is 19.0. The molecule has 1 saturated carbocycles. The molecule has 2 aromatic rings. The standard InChI is InChI=1S/C22H26N2O3/c1-22(2,3)14-5-7-15(8-6-14)23-20(25)18-13-19(18)21(26)24-16-9-11-17(27-4)12-10-16/h5-12,18-19H,13H2,1-4H3,(H,23,25)(H,24,26). The van der Waals surface area contributed by atoms with Gasteiger partial charge in [-0.05, 0) is 53.8 Å². The van der Waals surface area contributed by atoms with E-state index in [2.05, 4.69) is 31.4 Å². The molecule has 1 aliphatic carbocycles. The summed E-state index contributed by atoms with van der Waals surface area (Å²) in [7, 11) is 1.59. The van der Waals surface area contributed by atoms with E-state index in [-0.39, 0.29) is 29.1 Å². The molecule has 0 aromatic heterocycles. The molecule has 2 amide bonds. The van der Waals surface area contributed by atoms with Crippen molar-refractivity contribution in [1.82, 2.24) is 0 Å². The molecule has 5 heteroatoms. The smallest absolute Gasteiger partial charge is 0.228 e. The van der Waals surface area contributed by atoms with Gasteiger partial charge in [-0.15, -0.1) is 0 Å². The summed E-state index contributed by atoms with van der Waals surface area (Å²) in [5.74, 6) is -0.0440. The number of nitrogens with one attached hydrogen (secondary N) is 2. The van der Waals surface area contributed by atoms with Crippen molar-refractivity contribution in [3.05, 3.63) is 54.1 Å². The van der Waals surface area contributed by atoms with Gasteiger partial charge in [-0.1, -0.05) is 32.9 Å². The van der Waals surface area contributed by atoms with Crippen molar-refractivity contribution in [3.63, 3.8) is 0 Å². The molecule has 0 saturated heterocycles. The summed E-state index contributed by atoms with van der Waals surface area (Å²) < 4.78 is 5.10. The Balaban J connectivity index is 1.52. The Morgan fingerprint density at radius 3 is 1.70 bits per heavy atom. The topological polar surface area (TPSA) is 67.4 Å². The van der Waals surface area contributed by atoms with Gasteiger partial charge in [0.15, 0.2) is 0 Å². The van der Waals surface area contributed by atoms with Gasteiger partial charge in [-0.2, -0.15) is 0 Å². The SMILES string of the molecule is COc1ccc(NC(=O)C2CC2C(=O)Nc2ccc(C(C)(C)C)cc2)cc1. The van der Waals surface area contributed by atoms with Crippen LogP contribution in [0.2, 0.25) is 0 Å². The maximum absolute atomic E-state index is 12.4. The van der Waals surface area contributed by atoms with Gasteiger partial charge in [0.1, 0.15) is 5.75 Å². The predicted molar refractivity (Wildman–Crippen MR) is 107 cm³/mol. The molecule has 0 heterocycles. The molecule has 5 nitrogen and oxygen atoms in total. The zero-order chi connectivity index (χ0) is 19.6. The maximum atomic E-state index is 12.4. The van der Waals surface area contributed by atoms with E-state index >= 15 is 0 Å². The van der Waals surface area contributed by atoms with Crippen molar-refractivity contribution in [2.45, 2.75) is 32.6 Å². The molecule has 3 rings (SSSR count). The van der Waals surface area contributed by atoms with Crippen LogP contribution < -0.4 is 15.4 Å². The highest BCUT2D eigenvalue weighted by Gasteiger charge is 2.48. The molecule has 1 fully saturated rings.